The number of halogens is 2. The van der Waals surface area contributed by atoms with Crippen molar-refractivity contribution >= 4 is 57.6 Å². The summed E-state index contributed by atoms with van der Waals surface area (Å²) >= 11 is 12.8. The van der Waals surface area contributed by atoms with E-state index in [9.17, 15) is 13.8 Å². The highest BCUT2D eigenvalue weighted by Crippen LogP contribution is 2.53. The second-order valence-electron chi connectivity index (χ2n) is 15.2. The van der Waals surface area contributed by atoms with E-state index in [1.54, 1.807) is 11.0 Å². The van der Waals surface area contributed by atoms with Gasteiger partial charge in [0.05, 0.1) is 37.5 Å². The summed E-state index contributed by atoms with van der Waals surface area (Å²) in [6.07, 6.45) is 2.10. The summed E-state index contributed by atoms with van der Waals surface area (Å²) in [5, 5.41) is 3.81. The van der Waals surface area contributed by atoms with Crippen LogP contribution in [-0.4, -0.2) is 44.5 Å². The molecule has 256 valence electrons. The van der Waals surface area contributed by atoms with E-state index in [0.29, 0.717) is 27.8 Å². The Morgan fingerprint density at radius 3 is 2.42 bits per heavy atom. The number of fused-ring (bicyclic) bond motifs is 2. The Kier molecular flexibility index (Phi) is 9.39. The number of carbonyl (C=O) groups is 2. The van der Waals surface area contributed by atoms with Crippen LogP contribution in [0.5, 0.6) is 0 Å². The van der Waals surface area contributed by atoms with E-state index in [0.717, 1.165) is 49.2 Å². The van der Waals surface area contributed by atoms with Crippen molar-refractivity contribution in [3.05, 3.63) is 92.5 Å². The molecule has 8 nitrogen and oxygen atoms in total. The molecule has 0 saturated carbocycles. The lowest BCUT2D eigenvalue weighted by molar-refractivity contribution is 0.0635. The van der Waals surface area contributed by atoms with Gasteiger partial charge in [0, 0.05) is 43.0 Å². The number of ether oxygens (including phenoxy) is 1. The van der Waals surface area contributed by atoms with Gasteiger partial charge in [0.15, 0.2) is 0 Å². The topological polar surface area (TPSA) is 91.0 Å². The first kappa shape index (κ1) is 34.7. The quantitative estimate of drug-likeness (QED) is 0.268. The molecule has 1 aliphatic carbocycles. The molecule has 3 aromatic carbocycles. The number of carbonyl (C=O) groups excluding carboxylic acids is 2. The van der Waals surface area contributed by atoms with Crippen molar-refractivity contribution in [2.24, 2.45) is 5.41 Å². The van der Waals surface area contributed by atoms with Gasteiger partial charge in [0.2, 0.25) is 0 Å². The number of hydrogen-bond donors (Lipinski definition) is 2. The third kappa shape index (κ3) is 6.97. The molecular weight excluding hydrogens is 667 g/mol. The Hall–Kier alpha value is -3.11. The van der Waals surface area contributed by atoms with Crippen LogP contribution in [-0.2, 0) is 35.2 Å². The van der Waals surface area contributed by atoms with Gasteiger partial charge in [-0.25, -0.2) is 13.7 Å². The molecule has 48 heavy (non-hydrogen) atoms. The molecule has 2 amide bonds. The Labute approximate surface area is 296 Å². The van der Waals surface area contributed by atoms with Crippen LogP contribution in [0.25, 0.3) is 0 Å². The lowest BCUT2D eigenvalue weighted by Crippen LogP contribution is -2.47. The molecule has 0 aromatic heterocycles. The first-order valence-corrected chi connectivity index (χ1v) is 18.4. The third-order valence-corrected chi connectivity index (χ3v) is 12.0. The van der Waals surface area contributed by atoms with Crippen LogP contribution in [0.3, 0.4) is 0 Å². The number of amides is 2. The van der Waals surface area contributed by atoms with Crippen LogP contribution in [0.2, 0.25) is 10.0 Å². The molecule has 11 heteroatoms. The molecule has 3 aliphatic rings. The Morgan fingerprint density at radius 1 is 1.02 bits per heavy atom. The number of piperidine rings is 1. The summed E-state index contributed by atoms with van der Waals surface area (Å²) in [5.41, 5.74) is 5.22. The SMILES string of the molecule is CC(C)(C)OC(=O)Nc1cc(N2CCC3(CC2)Cc2ccccc2[C@H]3NS(=O)C(C)(C)C)cc2c1CN(Cc1cccc(Cl)c1Cl)C2=O. The van der Waals surface area contributed by atoms with Crippen molar-refractivity contribution in [1.82, 2.24) is 9.62 Å². The third-order valence-electron chi connectivity index (χ3n) is 9.56. The molecule has 1 unspecified atom stereocenters. The fourth-order valence-electron chi connectivity index (χ4n) is 7.10. The van der Waals surface area contributed by atoms with E-state index in [-0.39, 0.29) is 28.7 Å². The Morgan fingerprint density at radius 2 is 1.73 bits per heavy atom. The molecule has 2 heterocycles. The monoisotopic (exact) mass is 710 g/mol. The molecule has 3 aromatic rings. The molecule has 2 atom stereocenters. The second kappa shape index (κ2) is 13.0. The standard InChI is InChI=1S/C37H44Cl2N4O4S/c1-35(2,3)47-34(45)40-30-19-25(18-27-28(30)22-43(33(27)44)21-24-11-9-13-29(38)31(24)39)42-16-14-37(15-17-42)20-23-10-7-8-12-26(23)32(37)41-48(46)36(4,5)6/h7-13,18-19,32,41H,14-17,20-22H2,1-6H3,(H,40,45)/t32-,48?/m1/s1. The van der Waals surface area contributed by atoms with E-state index in [1.165, 1.54) is 11.1 Å². The highest BCUT2D eigenvalue weighted by atomic mass is 35.5. The maximum Gasteiger partial charge on any atom is 0.412 e. The van der Waals surface area contributed by atoms with Gasteiger partial charge in [-0.1, -0.05) is 59.6 Å². The summed E-state index contributed by atoms with van der Waals surface area (Å²) in [7, 11) is -1.22. The maximum atomic E-state index is 13.9. The number of anilines is 2. The van der Waals surface area contributed by atoms with E-state index in [1.807, 2.05) is 65.8 Å². The number of hydrogen-bond acceptors (Lipinski definition) is 5. The van der Waals surface area contributed by atoms with Gasteiger partial charge in [0.25, 0.3) is 5.91 Å². The van der Waals surface area contributed by atoms with Gasteiger partial charge in [-0.2, -0.15) is 0 Å². The Balaban J connectivity index is 1.28. The minimum absolute atomic E-state index is 0.0197. The van der Waals surface area contributed by atoms with E-state index < -0.39 is 22.7 Å². The number of rotatable bonds is 6. The van der Waals surface area contributed by atoms with Crippen molar-refractivity contribution in [2.45, 2.75) is 90.3 Å². The summed E-state index contributed by atoms with van der Waals surface area (Å²) in [4.78, 5) is 30.9. The van der Waals surface area contributed by atoms with E-state index in [2.05, 4.69) is 39.2 Å². The van der Waals surface area contributed by atoms with Crippen LogP contribution < -0.4 is 14.9 Å². The summed E-state index contributed by atoms with van der Waals surface area (Å²) in [6.45, 7) is 13.5. The van der Waals surface area contributed by atoms with Crippen LogP contribution in [0.4, 0.5) is 16.2 Å². The highest BCUT2D eigenvalue weighted by Gasteiger charge is 2.49. The minimum Gasteiger partial charge on any atom is -0.444 e. The lowest BCUT2D eigenvalue weighted by Gasteiger charge is -2.44. The van der Waals surface area contributed by atoms with Crippen LogP contribution in [0, 0.1) is 5.41 Å². The van der Waals surface area contributed by atoms with Gasteiger partial charge in [-0.15, -0.1) is 0 Å². The molecule has 0 bridgehead atoms. The second-order valence-corrected chi connectivity index (χ2v) is 18.0. The van der Waals surface area contributed by atoms with E-state index >= 15 is 0 Å². The summed E-state index contributed by atoms with van der Waals surface area (Å²) in [5.74, 6) is -0.135. The molecule has 1 spiro atoms. The van der Waals surface area contributed by atoms with Crippen LogP contribution >= 0.6 is 23.2 Å². The summed E-state index contributed by atoms with van der Waals surface area (Å²) in [6, 6.07) is 17.8. The van der Waals surface area contributed by atoms with Crippen LogP contribution in [0.1, 0.15) is 93.0 Å². The van der Waals surface area contributed by atoms with Gasteiger partial charge in [0.1, 0.15) is 5.60 Å². The van der Waals surface area contributed by atoms with Crippen LogP contribution in [0.15, 0.2) is 54.6 Å². The van der Waals surface area contributed by atoms with Crippen molar-refractivity contribution in [1.29, 1.82) is 0 Å². The number of benzene rings is 3. The zero-order chi connectivity index (χ0) is 34.6. The normalized spacial score (nSPS) is 19.3. The molecule has 1 fully saturated rings. The van der Waals surface area contributed by atoms with Gasteiger partial charge < -0.3 is 14.5 Å². The van der Waals surface area contributed by atoms with Crippen molar-refractivity contribution in [2.75, 3.05) is 23.3 Å². The number of nitrogens with zero attached hydrogens (tertiary/aromatic N) is 2. The first-order chi connectivity index (χ1) is 22.5. The van der Waals surface area contributed by atoms with Gasteiger partial charge >= 0.3 is 6.09 Å². The zero-order valence-corrected chi connectivity index (χ0v) is 30.7. The highest BCUT2D eigenvalue weighted by molar-refractivity contribution is 7.84. The Bertz CT molecular complexity index is 1780. The molecule has 1 saturated heterocycles. The zero-order valence-electron chi connectivity index (χ0n) is 28.4. The smallest absolute Gasteiger partial charge is 0.412 e. The van der Waals surface area contributed by atoms with Crippen molar-refractivity contribution in [3.63, 3.8) is 0 Å². The lowest BCUT2D eigenvalue weighted by atomic mass is 9.73. The van der Waals surface area contributed by atoms with Crippen molar-refractivity contribution in [3.8, 4) is 0 Å². The average Bonchev–Trinajstić information content (AvgIpc) is 3.48. The van der Waals surface area contributed by atoms with Crippen molar-refractivity contribution < 1.29 is 18.5 Å². The van der Waals surface area contributed by atoms with Gasteiger partial charge in [-0.3, -0.25) is 10.1 Å². The summed E-state index contributed by atoms with van der Waals surface area (Å²) < 4.78 is 22.1. The fourth-order valence-corrected chi connectivity index (χ4v) is 8.42. The largest absolute Gasteiger partial charge is 0.444 e. The maximum absolute atomic E-state index is 13.9. The first-order valence-electron chi connectivity index (χ1n) is 16.4. The predicted molar refractivity (Wildman–Crippen MR) is 194 cm³/mol. The molecule has 6 rings (SSSR count). The molecule has 0 radical (unpaired) electrons. The molecular formula is C37H44Cl2N4O4S. The molecule has 2 N–H and O–H groups in total. The fraction of sp³-hybridized carbons (Fsp3) is 0.459. The minimum atomic E-state index is -1.22. The molecule has 2 aliphatic heterocycles. The number of nitrogens with one attached hydrogen (secondary N) is 2. The average molecular weight is 712 g/mol. The predicted octanol–water partition coefficient (Wildman–Crippen LogP) is 8.43. The van der Waals surface area contributed by atoms with E-state index in [4.69, 9.17) is 27.9 Å². The van der Waals surface area contributed by atoms with Gasteiger partial charge in [-0.05, 0) is 101 Å².